The third kappa shape index (κ3) is 4.04. The number of hydrogen-bond donors (Lipinski definition) is 0. The van der Waals surface area contributed by atoms with E-state index >= 15 is 0 Å². The first-order valence-corrected chi connectivity index (χ1v) is 10.0. The Labute approximate surface area is 169 Å². The Morgan fingerprint density at radius 1 is 1.14 bits per heavy atom. The topological polar surface area (TPSA) is 60.2 Å². The van der Waals surface area contributed by atoms with Crippen LogP contribution >= 0.6 is 11.8 Å². The maximum atomic E-state index is 12.9. The maximum absolute atomic E-state index is 12.9. The highest BCUT2D eigenvalue weighted by Gasteiger charge is 2.24. The number of thioether (sulfide) groups is 1. The molecule has 0 unspecified atom stereocenters. The minimum atomic E-state index is -0.301. The average molecular weight is 397 g/mol. The van der Waals surface area contributed by atoms with Crippen molar-refractivity contribution in [1.82, 2.24) is 14.8 Å². The Balaban J connectivity index is 1.83. The third-order valence-electron chi connectivity index (χ3n) is 4.48. The first-order valence-electron chi connectivity index (χ1n) is 9.12. The van der Waals surface area contributed by atoms with Crippen molar-refractivity contribution < 1.29 is 9.53 Å². The van der Waals surface area contributed by atoms with Gasteiger partial charge in [-0.2, -0.15) is 0 Å². The van der Waals surface area contributed by atoms with Gasteiger partial charge in [-0.3, -0.25) is 4.79 Å². The Hall–Kier alpha value is -2.80. The summed E-state index contributed by atoms with van der Waals surface area (Å²) >= 11 is 1.41. The number of para-hydroxylation sites is 2. The molecule has 0 aliphatic rings. The number of nitrogens with zero attached hydrogens (tertiary/aromatic N) is 4. The van der Waals surface area contributed by atoms with Crippen molar-refractivity contribution in [2.45, 2.75) is 30.8 Å². The molecule has 0 aliphatic carbocycles. The molecule has 2 aromatic carbocycles. The quantitative estimate of drug-likeness (QED) is 0.562. The lowest BCUT2D eigenvalue weighted by atomic mass is 10.2. The molecule has 0 radical (unpaired) electrons. The predicted molar refractivity (Wildman–Crippen MR) is 113 cm³/mol. The summed E-state index contributed by atoms with van der Waals surface area (Å²) in [6, 6.07) is 17.3. The Bertz CT molecular complexity index is 943. The number of hydrogen-bond acceptors (Lipinski definition) is 5. The summed E-state index contributed by atoms with van der Waals surface area (Å²) in [4.78, 5) is 14.5. The molecule has 1 atom stereocenters. The molecule has 7 heteroatoms. The van der Waals surface area contributed by atoms with Gasteiger partial charge in [0.05, 0.1) is 17.9 Å². The van der Waals surface area contributed by atoms with Gasteiger partial charge >= 0.3 is 0 Å². The van der Waals surface area contributed by atoms with Gasteiger partial charge in [-0.1, -0.05) is 42.1 Å². The zero-order chi connectivity index (χ0) is 20.1. The van der Waals surface area contributed by atoms with Crippen LogP contribution in [0.5, 0.6) is 5.75 Å². The minimum Gasteiger partial charge on any atom is -0.496 e. The molecule has 146 valence electrons. The van der Waals surface area contributed by atoms with Crippen LogP contribution < -0.4 is 9.64 Å². The normalized spacial score (nSPS) is 11.9. The molecule has 0 aliphatic heterocycles. The largest absolute Gasteiger partial charge is 0.496 e. The van der Waals surface area contributed by atoms with E-state index in [2.05, 4.69) is 10.2 Å². The molecule has 3 rings (SSSR count). The van der Waals surface area contributed by atoms with Gasteiger partial charge in [-0.05, 0) is 38.1 Å². The van der Waals surface area contributed by atoms with Crippen molar-refractivity contribution in [3.05, 3.63) is 54.6 Å². The zero-order valence-corrected chi connectivity index (χ0v) is 17.3. The van der Waals surface area contributed by atoms with Gasteiger partial charge in [0.2, 0.25) is 5.91 Å². The molecular weight excluding hydrogens is 372 g/mol. The van der Waals surface area contributed by atoms with E-state index in [4.69, 9.17) is 4.74 Å². The summed E-state index contributed by atoms with van der Waals surface area (Å²) in [6.45, 7) is 4.62. The summed E-state index contributed by atoms with van der Waals surface area (Å²) in [5.74, 6) is 1.49. The van der Waals surface area contributed by atoms with Gasteiger partial charge in [0.15, 0.2) is 11.0 Å². The highest BCUT2D eigenvalue weighted by molar-refractivity contribution is 8.00. The third-order valence-corrected chi connectivity index (χ3v) is 5.55. The summed E-state index contributed by atoms with van der Waals surface area (Å²) in [6.07, 6.45) is 0. The first kappa shape index (κ1) is 19.9. The van der Waals surface area contributed by atoms with Gasteiger partial charge in [-0.15, -0.1) is 10.2 Å². The van der Waals surface area contributed by atoms with E-state index in [9.17, 15) is 4.79 Å². The van der Waals surface area contributed by atoms with Gasteiger partial charge in [0.1, 0.15) is 5.75 Å². The van der Waals surface area contributed by atoms with Crippen LogP contribution in [0.2, 0.25) is 0 Å². The molecule has 1 amide bonds. The van der Waals surface area contributed by atoms with E-state index in [1.807, 2.05) is 73.0 Å². The fourth-order valence-electron chi connectivity index (χ4n) is 2.95. The number of amides is 1. The number of carbonyl (C=O) groups excluding carboxylic acids is 1. The molecule has 0 bridgehead atoms. The Morgan fingerprint density at radius 2 is 1.82 bits per heavy atom. The SMILES string of the molecule is CCn1c(S[C@@H](C)C(=O)N(C)c2ccccc2)nnc1-c1ccccc1OC. The van der Waals surface area contributed by atoms with Crippen LogP contribution in [0.3, 0.4) is 0 Å². The van der Waals surface area contributed by atoms with Crippen molar-refractivity contribution in [3.63, 3.8) is 0 Å². The lowest BCUT2D eigenvalue weighted by molar-refractivity contribution is -0.117. The highest BCUT2D eigenvalue weighted by atomic mass is 32.2. The molecular formula is C21H24N4O2S. The van der Waals surface area contributed by atoms with Crippen LogP contribution in [0.4, 0.5) is 5.69 Å². The van der Waals surface area contributed by atoms with Crippen LogP contribution in [0.15, 0.2) is 59.8 Å². The second-order valence-electron chi connectivity index (χ2n) is 6.24. The summed E-state index contributed by atoms with van der Waals surface area (Å²) in [5, 5.41) is 9.12. The number of carbonyl (C=O) groups is 1. The predicted octanol–water partition coefficient (Wildman–Crippen LogP) is 4.12. The molecule has 0 saturated carbocycles. The summed E-state index contributed by atoms with van der Waals surface area (Å²) in [5.41, 5.74) is 1.75. The van der Waals surface area contributed by atoms with E-state index in [0.29, 0.717) is 11.7 Å². The second kappa shape index (κ2) is 8.93. The van der Waals surface area contributed by atoms with E-state index in [1.165, 1.54) is 11.8 Å². The van der Waals surface area contributed by atoms with Crippen molar-refractivity contribution >= 4 is 23.4 Å². The molecule has 6 nitrogen and oxygen atoms in total. The van der Waals surface area contributed by atoms with Gasteiger partial charge < -0.3 is 14.2 Å². The minimum absolute atomic E-state index is 0.0145. The van der Waals surface area contributed by atoms with Crippen LogP contribution in [-0.2, 0) is 11.3 Å². The van der Waals surface area contributed by atoms with E-state index in [0.717, 1.165) is 22.8 Å². The van der Waals surface area contributed by atoms with Crippen LogP contribution in [0.25, 0.3) is 11.4 Å². The van der Waals surface area contributed by atoms with Crippen molar-refractivity contribution in [2.24, 2.45) is 0 Å². The van der Waals surface area contributed by atoms with Crippen LogP contribution in [0.1, 0.15) is 13.8 Å². The number of rotatable bonds is 7. The van der Waals surface area contributed by atoms with Crippen LogP contribution in [-0.4, -0.2) is 40.1 Å². The molecule has 0 saturated heterocycles. The fourth-order valence-corrected chi connectivity index (χ4v) is 3.96. The lowest BCUT2D eigenvalue weighted by Gasteiger charge is -2.21. The number of methoxy groups -OCH3 is 1. The molecule has 0 spiro atoms. The standard InChI is InChI=1S/C21H24N4O2S/c1-5-25-19(17-13-9-10-14-18(17)27-4)22-23-21(25)28-15(2)20(26)24(3)16-11-7-6-8-12-16/h6-15H,5H2,1-4H3/t15-/m0/s1. The van der Waals surface area contributed by atoms with Gasteiger partial charge in [0, 0.05) is 19.3 Å². The maximum Gasteiger partial charge on any atom is 0.240 e. The number of aromatic nitrogens is 3. The molecule has 0 N–H and O–H groups in total. The molecule has 3 aromatic rings. The van der Waals surface area contributed by atoms with Gasteiger partial charge in [-0.25, -0.2) is 0 Å². The fraction of sp³-hybridized carbons (Fsp3) is 0.286. The summed E-state index contributed by atoms with van der Waals surface area (Å²) in [7, 11) is 3.43. The van der Waals surface area contributed by atoms with Crippen molar-refractivity contribution in [1.29, 1.82) is 0 Å². The molecule has 1 heterocycles. The second-order valence-corrected chi connectivity index (χ2v) is 7.55. The lowest BCUT2D eigenvalue weighted by Crippen LogP contribution is -2.33. The van der Waals surface area contributed by atoms with E-state index < -0.39 is 0 Å². The summed E-state index contributed by atoms with van der Waals surface area (Å²) < 4.78 is 7.47. The van der Waals surface area contributed by atoms with Crippen LogP contribution in [0, 0.1) is 0 Å². The smallest absolute Gasteiger partial charge is 0.240 e. The number of benzene rings is 2. The Kier molecular flexibility index (Phi) is 6.36. The van der Waals surface area contributed by atoms with Crippen molar-refractivity contribution in [3.8, 4) is 17.1 Å². The molecule has 1 aromatic heterocycles. The zero-order valence-electron chi connectivity index (χ0n) is 16.5. The molecule has 28 heavy (non-hydrogen) atoms. The van der Waals surface area contributed by atoms with Gasteiger partial charge in [0.25, 0.3) is 0 Å². The molecule has 0 fully saturated rings. The first-order chi connectivity index (χ1) is 13.6. The van der Waals surface area contributed by atoms with E-state index in [-0.39, 0.29) is 11.2 Å². The number of ether oxygens (including phenoxy) is 1. The van der Waals surface area contributed by atoms with Crippen molar-refractivity contribution in [2.75, 3.05) is 19.1 Å². The Morgan fingerprint density at radius 3 is 2.50 bits per heavy atom. The monoisotopic (exact) mass is 396 g/mol. The highest BCUT2D eigenvalue weighted by Crippen LogP contribution is 2.32. The van der Waals surface area contributed by atoms with E-state index in [1.54, 1.807) is 19.1 Å². The number of anilines is 1. The average Bonchev–Trinajstić information content (AvgIpc) is 3.15.